The average Bonchev–Trinajstić information content (AvgIpc) is 3.14. The van der Waals surface area contributed by atoms with Crippen LogP contribution in [0.15, 0.2) is 54.5 Å². The number of hydrogen-bond acceptors (Lipinski definition) is 6. The molecule has 220 valence electrons. The fourth-order valence-electron chi connectivity index (χ4n) is 3.99. The molecule has 0 bridgehead atoms. The van der Waals surface area contributed by atoms with Crippen LogP contribution in [0.1, 0.15) is 47.2 Å². The number of carbonyl (C=O) groups excluding carboxylic acids is 1. The summed E-state index contributed by atoms with van der Waals surface area (Å²) in [5, 5.41) is 0.932. The molecule has 0 radical (unpaired) electrons. The van der Waals surface area contributed by atoms with Gasteiger partial charge in [-0.05, 0) is 75.3 Å². The van der Waals surface area contributed by atoms with Gasteiger partial charge in [0.05, 0.1) is 11.2 Å². The van der Waals surface area contributed by atoms with Gasteiger partial charge in [0.15, 0.2) is 0 Å². The summed E-state index contributed by atoms with van der Waals surface area (Å²) >= 11 is 0. The number of ether oxygens (including phenoxy) is 2. The van der Waals surface area contributed by atoms with Gasteiger partial charge in [0.2, 0.25) is 8.32 Å². The van der Waals surface area contributed by atoms with Gasteiger partial charge < -0.3 is 24.5 Å². The van der Waals surface area contributed by atoms with Crippen molar-refractivity contribution in [3.05, 3.63) is 60.2 Å². The number of nitrogens with two attached hydrogens (primary N) is 1. The van der Waals surface area contributed by atoms with E-state index >= 15 is 0 Å². The van der Waals surface area contributed by atoms with Gasteiger partial charge in [0.25, 0.3) is 0 Å². The van der Waals surface area contributed by atoms with E-state index in [1.54, 1.807) is 4.57 Å². The zero-order valence-electron chi connectivity index (χ0n) is 26.4. The zero-order chi connectivity index (χ0) is 30.3. The maximum atomic E-state index is 13.6. The van der Waals surface area contributed by atoms with E-state index < -0.39 is 28.1 Å². The lowest BCUT2D eigenvalue weighted by molar-refractivity contribution is 0.0543. The minimum Gasteiger partial charge on any atom is -0.543 e. The van der Waals surface area contributed by atoms with Gasteiger partial charge in [0.1, 0.15) is 18.1 Å². The van der Waals surface area contributed by atoms with E-state index in [4.69, 9.17) is 19.6 Å². The molecule has 7 nitrogen and oxygen atoms in total. The third-order valence-electron chi connectivity index (χ3n) is 7.30. The normalized spacial score (nSPS) is 15.3. The molecule has 1 aromatic carbocycles. The quantitative estimate of drug-likeness (QED) is 0.250. The Morgan fingerprint density at radius 2 is 1.68 bits per heavy atom. The highest BCUT2D eigenvalue weighted by molar-refractivity contribution is 6.76. The Morgan fingerprint density at radius 3 is 2.25 bits per heavy atom. The number of benzene rings is 1. The highest BCUT2D eigenvalue weighted by Crippen LogP contribution is 2.39. The van der Waals surface area contributed by atoms with E-state index in [1.807, 2.05) is 62.2 Å². The molecule has 2 heterocycles. The lowest BCUT2D eigenvalue weighted by atomic mass is 10.0. The van der Waals surface area contributed by atoms with Gasteiger partial charge in [-0.15, -0.1) is 0 Å². The van der Waals surface area contributed by atoms with E-state index in [2.05, 4.69) is 60.1 Å². The molecule has 1 aliphatic rings. The third kappa shape index (κ3) is 7.70. The standard InChI is InChI=1S/C31H49N3O4Si2/c1-22-26(19-24(32)20-33(22)21-36-15-16-39(8,9)10)28-18-23-17-25(38-40(11,12)31(5,6)7)13-14-27(23)34(28)29(35)37-30(2,3)4/h13-14,17-20H,1,15-16,21,32H2,2-12H3. The number of fused-ring (bicyclic) bond motifs is 1. The van der Waals surface area contributed by atoms with Crippen molar-refractivity contribution in [2.75, 3.05) is 13.3 Å². The largest absolute Gasteiger partial charge is 0.543 e. The first-order valence-corrected chi connectivity index (χ1v) is 20.6. The van der Waals surface area contributed by atoms with Gasteiger partial charge in [-0.25, -0.2) is 9.36 Å². The Bertz CT molecular complexity index is 1340. The van der Waals surface area contributed by atoms with Crippen LogP contribution in [0.3, 0.4) is 0 Å². The summed E-state index contributed by atoms with van der Waals surface area (Å²) in [6, 6.07) is 8.92. The maximum Gasteiger partial charge on any atom is 0.419 e. The number of aromatic nitrogens is 1. The molecule has 0 saturated carbocycles. The SMILES string of the molecule is C=C1C(c2cc3cc(O[Si](C)(C)C(C)(C)C)ccc3n2C(=O)OC(C)(C)C)=CC(N)=CN1COCC[Si](C)(C)C. The summed E-state index contributed by atoms with van der Waals surface area (Å²) in [6.07, 6.45) is 3.21. The highest BCUT2D eigenvalue weighted by Gasteiger charge is 2.39. The second-order valence-corrected chi connectivity index (χ2v) is 24.7. The molecule has 0 fully saturated rings. The lowest BCUT2D eigenvalue weighted by Gasteiger charge is -2.36. The molecule has 3 rings (SSSR count). The first kappa shape index (κ1) is 31.8. The van der Waals surface area contributed by atoms with Crippen LogP contribution in [-0.2, 0) is 9.47 Å². The van der Waals surface area contributed by atoms with Crippen LogP contribution in [-0.4, -0.2) is 50.9 Å². The molecule has 0 amide bonds. The average molecular weight is 584 g/mol. The Hall–Kier alpha value is -2.76. The summed E-state index contributed by atoms with van der Waals surface area (Å²) in [5.41, 5.74) is 9.07. The predicted octanol–water partition coefficient (Wildman–Crippen LogP) is 8.13. The smallest absolute Gasteiger partial charge is 0.419 e. The number of allylic oxidation sites excluding steroid dienone is 2. The molecule has 1 aliphatic heterocycles. The van der Waals surface area contributed by atoms with Crippen LogP contribution >= 0.6 is 0 Å². The van der Waals surface area contributed by atoms with Crippen LogP contribution in [0, 0.1) is 0 Å². The minimum absolute atomic E-state index is 0.0602. The highest BCUT2D eigenvalue weighted by atomic mass is 28.4. The number of hydrogen-bond donors (Lipinski definition) is 1. The minimum atomic E-state index is -2.05. The molecule has 9 heteroatoms. The molecule has 0 unspecified atom stereocenters. The second-order valence-electron chi connectivity index (χ2n) is 14.4. The Kier molecular flexibility index (Phi) is 8.94. The number of nitrogens with zero attached hydrogens (tertiary/aromatic N) is 2. The van der Waals surface area contributed by atoms with Crippen LogP contribution in [0.5, 0.6) is 5.75 Å². The van der Waals surface area contributed by atoms with E-state index in [-0.39, 0.29) is 5.04 Å². The molecule has 0 spiro atoms. The molecule has 2 N–H and O–H groups in total. The van der Waals surface area contributed by atoms with Crippen molar-refractivity contribution in [3.8, 4) is 5.75 Å². The molecular formula is C31H49N3O4Si2. The molecule has 40 heavy (non-hydrogen) atoms. The van der Waals surface area contributed by atoms with Crippen LogP contribution in [0.4, 0.5) is 4.79 Å². The Labute approximate surface area is 242 Å². The van der Waals surface area contributed by atoms with Crippen molar-refractivity contribution < 1.29 is 18.7 Å². The monoisotopic (exact) mass is 583 g/mol. The molecule has 0 aliphatic carbocycles. The summed E-state index contributed by atoms with van der Waals surface area (Å²) < 4.78 is 20.0. The molecule has 0 atom stereocenters. The van der Waals surface area contributed by atoms with Crippen molar-refractivity contribution in [2.24, 2.45) is 5.73 Å². The number of rotatable bonds is 8. The van der Waals surface area contributed by atoms with E-state index in [1.165, 1.54) is 0 Å². The maximum absolute atomic E-state index is 13.6. The van der Waals surface area contributed by atoms with Gasteiger partial charge in [-0.1, -0.05) is 47.0 Å². The molecule has 2 aromatic rings. The van der Waals surface area contributed by atoms with Gasteiger partial charge >= 0.3 is 6.09 Å². The zero-order valence-corrected chi connectivity index (χ0v) is 28.4. The van der Waals surface area contributed by atoms with Gasteiger partial charge in [-0.3, -0.25) is 0 Å². The van der Waals surface area contributed by atoms with Gasteiger partial charge in [-0.2, -0.15) is 0 Å². The summed E-state index contributed by atoms with van der Waals surface area (Å²) in [6.45, 7) is 29.0. The van der Waals surface area contributed by atoms with Crippen molar-refractivity contribution in [1.82, 2.24) is 9.47 Å². The van der Waals surface area contributed by atoms with Crippen molar-refractivity contribution in [2.45, 2.75) is 91.0 Å². The van der Waals surface area contributed by atoms with Crippen molar-refractivity contribution in [1.29, 1.82) is 0 Å². The first-order valence-electron chi connectivity index (χ1n) is 14.0. The molecular weight excluding hydrogens is 535 g/mol. The number of carbonyl (C=O) groups is 1. The molecule has 1 aromatic heterocycles. The third-order valence-corrected chi connectivity index (χ3v) is 13.4. The van der Waals surface area contributed by atoms with Crippen LogP contribution in [0.25, 0.3) is 16.5 Å². The topological polar surface area (TPSA) is 79.0 Å². The van der Waals surface area contributed by atoms with Crippen molar-refractivity contribution in [3.63, 3.8) is 0 Å². The summed E-state index contributed by atoms with van der Waals surface area (Å²) in [4.78, 5) is 15.5. The summed E-state index contributed by atoms with van der Waals surface area (Å²) in [5.74, 6) is 0.792. The fourth-order valence-corrected chi connectivity index (χ4v) is 5.76. The van der Waals surface area contributed by atoms with Crippen molar-refractivity contribution >= 4 is 39.0 Å². The first-order chi connectivity index (χ1) is 18.2. The lowest BCUT2D eigenvalue weighted by Crippen LogP contribution is -2.43. The molecule has 0 saturated heterocycles. The fraction of sp³-hybridized carbons (Fsp3) is 0.516. The predicted molar refractivity (Wildman–Crippen MR) is 172 cm³/mol. The Morgan fingerprint density at radius 1 is 1.02 bits per heavy atom. The van der Waals surface area contributed by atoms with Gasteiger partial charge in [0, 0.05) is 43.2 Å². The van der Waals surface area contributed by atoms with Crippen LogP contribution in [0.2, 0.25) is 43.8 Å². The Balaban J connectivity index is 2.04. The van der Waals surface area contributed by atoms with E-state index in [0.717, 1.165) is 28.3 Å². The summed E-state index contributed by atoms with van der Waals surface area (Å²) in [7, 11) is -3.26. The second kappa shape index (κ2) is 11.3. The van der Waals surface area contributed by atoms with E-state index in [0.29, 0.717) is 30.4 Å². The van der Waals surface area contributed by atoms with Crippen LogP contribution < -0.4 is 10.2 Å². The van der Waals surface area contributed by atoms with E-state index in [9.17, 15) is 4.79 Å².